The third-order valence-electron chi connectivity index (χ3n) is 4.21. The van der Waals surface area contributed by atoms with E-state index in [9.17, 15) is 4.79 Å². The largest absolute Gasteiger partial charge is 0.353 e. The number of amides is 1. The van der Waals surface area contributed by atoms with E-state index in [0.717, 1.165) is 37.9 Å². The molecule has 1 aliphatic heterocycles. The van der Waals surface area contributed by atoms with Crippen molar-refractivity contribution >= 4 is 5.91 Å². The lowest BCUT2D eigenvalue weighted by molar-refractivity contribution is 0.0725. The summed E-state index contributed by atoms with van der Waals surface area (Å²) in [6, 6.07) is 6.20. The van der Waals surface area contributed by atoms with Crippen LogP contribution < -0.4 is 0 Å². The van der Waals surface area contributed by atoms with E-state index >= 15 is 0 Å². The van der Waals surface area contributed by atoms with Gasteiger partial charge in [0.25, 0.3) is 5.91 Å². The van der Waals surface area contributed by atoms with E-state index in [1.54, 1.807) is 0 Å². The first-order valence-corrected chi connectivity index (χ1v) is 7.67. The van der Waals surface area contributed by atoms with Crippen LogP contribution in [0.3, 0.4) is 0 Å². The molecule has 1 atom stereocenters. The number of carbonyl (C=O) groups is 1. The van der Waals surface area contributed by atoms with Crippen molar-refractivity contribution in [2.75, 3.05) is 6.54 Å². The van der Waals surface area contributed by atoms with Crippen LogP contribution >= 0.6 is 0 Å². The number of rotatable bonds is 4. The molecule has 1 unspecified atom stereocenters. The van der Waals surface area contributed by atoms with Gasteiger partial charge in [0, 0.05) is 31.2 Å². The van der Waals surface area contributed by atoms with Crippen LogP contribution in [0.1, 0.15) is 54.1 Å². The van der Waals surface area contributed by atoms with E-state index in [0.29, 0.717) is 5.69 Å². The average Bonchev–Trinajstić information content (AvgIpc) is 3.17. The van der Waals surface area contributed by atoms with Gasteiger partial charge in [-0.2, -0.15) is 5.10 Å². The number of nitrogens with one attached hydrogen (secondary N) is 1. The van der Waals surface area contributed by atoms with Crippen LogP contribution in [-0.4, -0.2) is 32.1 Å². The number of hydrogen-bond donors (Lipinski definition) is 1. The van der Waals surface area contributed by atoms with E-state index < -0.39 is 0 Å². The van der Waals surface area contributed by atoms with Crippen LogP contribution in [0, 0.1) is 0 Å². The van der Waals surface area contributed by atoms with Gasteiger partial charge in [-0.05, 0) is 37.5 Å². The van der Waals surface area contributed by atoms with Gasteiger partial charge in [-0.3, -0.25) is 9.89 Å². The van der Waals surface area contributed by atoms with Gasteiger partial charge in [-0.25, -0.2) is 0 Å². The first kappa shape index (κ1) is 13.9. The van der Waals surface area contributed by atoms with Gasteiger partial charge in [-0.1, -0.05) is 13.3 Å². The molecule has 1 saturated heterocycles. The van der Waals surface area contributed by atoms with Crippen LogP contribution in [0.5, 0.6) is 0 Å². The van der Waals surface area contributed by atoms with Crippen LogP contribution in [0.25, 0.3) is 0 Å². The first-order valence-electron chi connectivity index (χ1n) is 7.67. The minimum atomic E-state index is 0.0392. The van der Waals surface area contributed by atoms with E-state index in [-0.39, 0.29) is 11.9 Å². The molecule has 5 heteroatoms. The number of aromatic nitrogens is 3. The second kappa shape index (κ2) is 5.76. The maximum absolute atomic E-state index is 12.7. The highest BCUT2D eigenvalue weighted by molar-refractivity contribution is 5.92. The summed E-state index contributed by atoms with van der Waals surface area (Å²) in [6.07, 6.45) is 6.08. The van der Waals surface area contributed by atoms with Gasteiger partial charge in [-0.15, -0.1) is 0 Å². The Balaban J connectivity index is 1.81. The third-order valence-corrected chi connectivity index (χ3v) is 4.21. The number of nitrogens with zero attached hydrogens (tertiary/aromatic N) is 3. The standard InChI is InChI=1S/C16H22N4O/c1-3-6-12-11-13(18-17-12)16(21)20-10-5-8-15(20)14-7-4-9-19(14)2/h4,7,9,11,15H,3,5-6,8,10H2,1-2H3,(H,17,18). The number of likely N-dealkylation sites (tertiary alicyclic amines) is 1. The first-order chi connectivity index (χ1) is 10.2. The fourth-order valence-corrected chi connectivity index (χ4v) is 3.15. The fourth-order valence-electron chi connectivity index (χ4n) is 3.15. The highest BCUT2D eigenvalue weighted by atomic mass is 16.2. The lowest BCUT2D eigenvalue weighted by Crippen LogP contribution is -2.31. The second-order valence-corrected chi connectivity index (χ2v) is 5.73. The molecule has 2 aromatic rings. The number of aromatic amines is 1. The van der Waals surface area contributed by atoms with Crippen molar-refractivity contribution in [3.8, 4) is 0 Å². The summed E-state index contributed by atoms with van der Waals surface area (Å²) in [6.45, 7) is 2.93. The van der Waals surface area contributed by atoms with Crippen molar-refractivity contribution < 1.29 is 4.79 Å². The monoisotopic (exact) mass is 286 g/mol. The van der Waals surface area contributed by atoms with Crippen LogP contribution in [0.15, 0.2) is 24.4 Å². The molecule has 0 aromatic carbocycles. The van der Waals surface area contributed by atoms with Crippen molar-refractivity contribution in [3.05, 3.63) is 41.5 Å². The Morgan fingerprint density at radius 3 is 3.10 bits per heavy atom. The molecule has 1 fully saturated rings. The molecule has 0 bridgehead atoms. The minimum absolute atomic E-state index is 0.0392. The van der Waals surface area contributed by atoms with Gasteiger partial charge in [0.1, 0.15) is 5.69 Å². The number of aryl methyl sites for hydroxylation is 2. The van der Waals surface area contributed by atoms with E-state index in [1.165, 1.54) is 5.69 Å². The molecule has 3 rings (SSSR count). The zero-order chi connectivity index (χ0) is 14.8. The van der Waals surface area contributed by atoms with Gasteiger partial charge < -0.3 is 9.47 Å². The van der Waals surface area contributed by atoms with Gasteiger partial charge >= 0.3 is 0 Å². The molecule has 1 N–H and O–H groups in total. The van der Waals surface area contributed by atoms with Crippen molar-refractivity contribution in [2.45, 2.75) is 38.6 Å². The third kappa shape index (κ3) is 2.60. The van der Waals surface area contributed by atoms with E-state index in [2.05, 4.69) is 27.8 Å². The van der Waals surface area contributed by atoms with Crippen molar-refractivity contribution in [2.24, 2.45) is 7.05 Å². The summed E-state index contributed by atoms with van der Waals surface area (Å²) in [7, 11) is 2.03. The molecule has 0 spiro atoms. The van der Waals surface area contributed by atoms with Crippen molar-refractivity contribution in [3.63, 3.8) is 0 Å². The Bertz CT molecular complexity index is 628. The summed E-state index contributed by atoms with van der Waals surface area (Å²) in [5.74, 6) is 0.0392. The second-order valence-electron chi connectivity index (χ2n) is 5.73. The lowest BCUT2D eigenvalue weighted by Gasteiger charge is -2.24. The molecule has 1 aliphatic rings. The Morgan fingerprint density at radius 1 is 1.52 bits per heavy atom. The summed E-state index contributed by atoms with van der Waals surface area (Å²) < 4.78 is 2.10. The van der Waals surface area contributed by atoms with Crippen molar-refractivity contribution in [1.29, 1.82) is 0 Å². The Hall–Kier alpha value is -2.04. The fraction of sp³-hybridized carbons (Fsp3) is 0.500. The van der Waals surface area contributed by atoms with Gasteiger partial charge in [0.2, 0.25) is 0 Å². The minimum Gasteiger partial charge on any atom is -0.353 e. The lowest BCUT2D eigenvalue weighted by atomic mass is 10.1. The Kier molecular flexibility index (Phi) is 3.82. The smallest absolute Gasteiger partial charge is 0.274 e. The molecule has 5 nitrogen and oxygen atoms in total. The number of H-pyrrole nitrogens is 1. The quantitative estimate of drug-likeness (QED) is 0.939. The molecular formula is C16H22N4O. The summed E-state index contributed by atoms with van der Waals surface area (Å²) >= 11 is 0. The SMILES string of the molecule is CCCc1cc(C(=O)N2CCCC2c2cccn2C)n[nH]1. The van der Waals surface area contributed by atoms with Gasteiger partial charge in [0.15, 0.2) is 0 Å². The summed E-state index contributed by atoms with van der Waals surface area (Å²) in [4.78, 5) is 14.7. The normalized spacial score (nSPS) is 18.4. The molecule has 2 aromatic heterocycles. The predicted octanol–water partition coefficient (Wildman–Crippen LogP) is 2.68. The molecular weight excluding hydrogens is 264 g/mol. The molecule has 21 heavy (non-hydrogen) atoms. The van der Waals surface area contributed by atoms with Crippen LogP contribution in [-0.2, 0) is 13.5 Å². The average molecular weight is 286 g/mol. The Labute approximate surface area is 125 Å². The maximum Gasteiger partial charge on any atom is 0.274 e. The van der Waals surface area contributed by atoms with Crippen LogP contribution in [0.4, 0.5) is 0 Å². The highest BCUT2D eigenvalue weighted by Gasteiger charge is 2.32. The van der Waals surface area contributed by atoms with Crippen LogP contribution in [0.2, 0.25) is 0 Å². The van der Waals surface area contributed by atoms with E-state index in [1.807, 2.05) is 30.3 Å². The summed E-state index contributed by atoms with van der Waals surface area (Å²) in [5, 5.41) is 7.16. The van der Waals surface area contributed by atoms with Gasteiger partial charge in [0.05, 0.1) is 6.04 Å². The molecule has 0 radical (unpaired) electrons. The molecule has 0 aliphatic carbocycles. The topological polar surface area (TPSA) is 53.9 Å². The number of hydrogen-bond acceptors (Lipinski definition) is 2. The van der Waals surface area contributed by atoms with Crippen molar-refractivity contribution in [1.82, 2.24) is 19.7 Å². The summed E-state index contributed by atoms with van der Waals surface area (Å²) in [5.41, 5.74) is 2.78. The highest BCUT2D eigenvalue weighted by Crippen LogP contribution is 2.32. The zero-order valence-electron chi connectivity index (χ0n) is 12.7. The van der Waals surface area contributed by atoms with E-state index in [4.69, 9.17) is 0 Å². The molecule has 112 valence electrons. The molecule has 3 heterocycles. The zero-order valence-corrected chi connectivity index (χ0v) is 12.7. The molecule has 0 saturated carbocycles. The predicted molar refractivity (Wildman–Crippen MR) is 81.0 cm³/mol. The molecule has 1 amide bonds. The Morgan fingerprint density at radius 2 is 2.38 bits per heavy atom. The maximum atomic E-state index is 12.7. The number of carbonyl (C=O) groups excluding carboxylic acids is 1.